The Morgan fingerprint density at radius 1 is 1.06 bits per heavy atom. The maximum absolute atomic E-state index is 10.5. The van der Waals surface area contributed by atoms with E-state index in [4.69, 9.17) is 10.2 Å². The van der Waals surface area contributed by atoms with E-state index in [1.54, 1.807) is 18.7 Å². The van der Waals surface area contributed by atoms with Crippen LogP contribution in [0, 0.1) is 0 Å². The molecule has 18 heavy (non-hydrogen) atoms. The smallest absolute Gasteiger partial charge is 0.336 e. The standard InChI is InChI=1S/C8H6O4.C3H4N2.Ni/c9-7(10)5-3-1-2-4-6(5)8(11)12;1-2-5-3-4-1;/h1-4H,(H,9,10)(H,11,12);1-3H,(H,4,5);. The molecule has 6 nitrogen and oxygen atoms in total. The first-order valence-corrected chi connectivity index (χ1v) is 4.61. The molecule has 0 aliphatic heterocycles. The fraction of sp³-hybridized carbons (Fsp3) is 0. The molecule has 3 N–H and O–H groups in total. The molecule has 1 aromatic heterocycles. The summed E-state index contributed by atoms with van der Waals surface area (Å²) < 4.78 is 0. The van der Waals surface area contributed by atoms with Crippen molar-refractivity contribution in [3.8, 4) is 0 Å². The summed E-state index contributed by atoms with van der Waals surface area (Å²) in [6, 6.07) is 5.48. The summed E-state index contributed by atoms with van der Waals surface area (Å²) in [6.07, 6.45) is 5.08. The molecule has 98 valence electrons. The molecule has 0 fully saturated rings. The summed E-state index contributed by atoms with van der Waals surface area (Å²) in [5.74, 6) is -2.46. The van der Waals surface area contributed by atoms with Crippen LogP contribution in [0.4, 0.5) is 0 Å². The second-order valence-corrected chi connectivity index (χ2v) is 2.92. The third kappa shape index (κ3) is 4.80. The van der Waals surface area contributed by atoms with E-state index in [2.05, 4.69) is 9.97 Å². The van der Waals surface area contributed by atoms with E-state index in [9.17, 15) is 9.59 Å². The van der Waals surface area contributed by atoms with Crippen molar-refractivity contribution in [1.82, 2.24) is 9.97 Å². The molecule has 0 unspecified atom stereocenters. The first-order valence-electron chi connectivity index (χ1n) is 4.61. The number of carboxylic acids is 2. The predicted molar refractivity (Wildman–Crippen MR) is 58.9 cm³/mol. The summed E-state index contributed by atoms with van der Waals surface area (Å²) >= 11 is 0. The van der Waals surface area contributed by atoms with E-state index in [0.29, 0.717) is 0 Å². The molecule has 0 saturated carbocycles. The number of aromatic amines is 1. The topological polar surface area (TPSA) is 103 Å². The Balaban J connectivity index is 0.000000405. The van der Waals surface area contributed by atoms with Gasteiger partial charge < -0.3 is 15.2 Å². The average molecular weight is 293 g/mol. The Kier molecular flexibility index (Phi) is 7.08. The summed E-state index contributed by atoms with van der Waals surface area (Å²) in [5.41, 5.74) is -0.380. The minimum absolute atomic E-state index is 0. The maximum Gasteiger partial charge on any atom is 0.336 e. The number of aromatic nitrogens is 2. The Morgan fingerprint density at radius 2 is 1.56 bits per heavy atom. The van der Waals surface area contributed by atoms with E-state index in [0.717, 1.165) is 0 Å². The molecular formula is C11H10N2NiO4. The molecule has 0 aliphatic rings. The van der Waals surface area contributed by atoms with E-state index >= 15 is 0 Å². The van der Waals surface area contributed by atoms with Crippen molar-refractivity contribution in [1.29, 1.82) is 0 Å². The van der Waals surface area contributed by atoms with Crippen molar-refractivity contribution in [2.75, 3.05) is 0 Å². The van der Waals surface area contributed by atoms with Gasteiger partial charge in [0.15, 0.2) is 0 Å². The van der Waals surface area contributed by atoms with Crippen molar-refractivity contribution in [2.45, 2.75) is 0 Å². The number of rotatable bonds is 2. The Morgan fingerprint density at radius 3 is 1.78 bits per heavy atom. The average Bonchev–Trinajstić information content (AvgIpc) is 2.87. The van der Waals surface area contributed by atoms with Crippen molar-refractivity contribution >= 4 is 11.9 Å². The normalized spacial score (nSPS) is 8.44. The Bertz CT molecular complexity index is 449. The molecule has 0 amide bonds. The summed E-state index contributed by atoms with van der Waals surface area (Å²) in [7, 11) is 0. The summed E-state index contributed by atoms with van der Waals surface area (Å²) in [5, 5.41) is 17.1. The van der Waals surface area contributed by atoms with Crippen LogP contribution in [0.25, 0.3) is 0 Å². The number of nitrogens with one attached hydrogen (secondary N) is 1. The van der Waals surface area contributed by atoms with Crippen molar-refractivity contribution < 1.29 is 36.3 Å². The molecule has 7 heteroatoms. The zero-order valence-electron chi connectivity index (χ0n) is 9.02. The van der Waals surface area contributed by atoms with Crippen LogP contribution in [0.1, 0.15) is 20.7 Å². The van der Waals surface area contributed by atoms with Crippen LogP contribution >= 0.6 is 0 Å². The minimum Gasteiger partial charge on any atom is -0.478 e. The number of hydrogen-bond donors (Lipinski definition) is 3. The SMILES string of the molecule is O=C(O)c1ccccc1C(=O)O.[Ni].c1c[nH]cn1. The molecule has 0 aliphatic carbocycles. The van der Waals surface area contributed by atoms with Crippen LogP contribution in [-0.4, -0.2) is 32.1 Å². The van der Waals surface area contributed by atoms with E-state index < -0.39 is 11.9 Å². The zero-order chi connectivity index (χ0) is 12.7. The first-order chi connectivity index (χ1) is 8.13. The predicted octanol–water partition coefficient (Wildman–Crippen LogP) is 1.49. The third-order valence-corrected chi connectivity index (χ3v) is 1.79. The summed E-state index contributed by atoms with van der Waals surface area (Å²) in [4.78, 5) is 27.3. The Hall–Kier alpha value is -2.14. The van der Waals surface area contributed by atoms with Crippen LogP contribution in [0.3, 0.4) is 0 Å². The van der Waals surface area contributed by atoms with Gasteiger partial charge in [-0.15, -0.1) is 0 Å². The molecule has 0 spiro atoms. The number of carboxylic acid groups (broad SMARTS) is 2. The molecule has 2 aromatic rings. The second kappa shape index (κ2) is 8.03. The number of hydrogen-bond acceptors (Lipinski definition) is 3. The summed E-state index contributed by atoms with van der Waals surface area (Å²) in [6.45, 7) is 0. The van der Waals surface area contributed by atoms with Gasteiger partial charge in [0.05, 0.1) is 17.5 Å². The van der Waals surface area contributed by atoms with Gasteiger partial charge in [0.1, 0.15) is 0 Å². The Labute approximate surface area is 113 Å². The number of benzene rings is 1. The molecular weight excluding hydrogens is 283 g/mol. The number of imidazole rings is 1. The van der Waals surface area contributed by atoms with Gasteiger partial charge in [-0.2, -0.15) is 0 Å². The van der Waals surface area contributed by atoms with Gasteiger partial charge in [-0.05, 0) is 12.1 Å². The molecule has 0 bridgehead atoms. The molecule has 0 atom stereocenters. The van der Waals surface area contributed by atoms with E-state index in [1.807, 2.05) is 0 Å². The fourth-order valence-electron chi connectivity index (χ4n) is 1.07. The molecule has 0 radical (unpaired) electrons. The first kappa shape index (κ1) is 15.9. The molecule has 2 rings (SSSR count). The van der Waals surface area contributed by atoms with Crippen LogP contribution in [-0.2, 0) is 16.5 Å². The van der Waals surface area contributed by atoms with E-state index in [-0.39, 0.29) is 27.6 Å². The van der Waals surface area contributed by atoms with Crippen molar-refractivity contribution in [3.05, 3.63) is 54.1 Å². The second-order valence-electron chi connectivity index (χ2n) is 2.92. The van der Waals surface area contributed by atoms with Crippen LogP contribution < -0.4 is 0 Å². The quantitative estimate of drug-likeness (QED) is 0.728. The van der Waals surface area contributed by atoms with E-state index in [1.165, 1.54) is 24.3 Å². The van der Waals surface area contributed by atoms with Crippen molar-refractivity contribution in [3.63, 3.8) is 0 Å². The molecule has 1 heterocycles. The van der Waals surface area contributed by atoms with Crippen molar-refractivity contribution in [2.24, 2.45) is 0 Å². The number of carbonyl (C=O) groups is 2. The largest absolute Gasteiger partial charge is 0.478 e. The van der Waals surface area contributed by atoms with Gasteiger partial charge in [0, 0.05) is 28.9 Å². The molecule has 1 aromatic carbocycles. The monoisotopic (exact) mass is 292 g/mol. The van der Waals surface area contributed by atoms with Crippen LogP contribution in [0.5, 0.6) is 0 Å². The van der Waals surface area contributed by atoms with Gasteiger partial charge in [-0.25, -0.2) is 14.6 Å². The number of H-pyrrole nitrogens is 1. The van der Waals surface area contributed by atoms with Crippen LogP contribution in [0.15, 0.2) is 43.0 Å². The molecule has 0 saturated heterocycles. The van der Waals surface area contributed by atoms with Gasteiger partial charge in [-0.3, -0.25) is 0 Å². The minimum atomic E-state index is -1.23. The van der Waals surface area contributed by atoms with Gasteiger partial charge in [-0.1, -0.05) is 12.1 Å². The number of nitrogens with zero attached hydrogens (tertiary/aromatic N) is 1. The third-order valence-electron chi connectivity index (χ3n) is 1.79. The van der Waals surface area contributed by atoms with Crippen LogP contribution in [0.2, 0.25) is 0 Å². The fourth-order valence-corrected chi connectivity index (χ4v) is 1.07. The zero-order valence-corrected chi connectivity index (χ0v) is 10.0. The van der Waals surface area contributed by atoms with Gasteiger partial charge in [0.2, 0.25) is 0 Å². The number of aromatic carboxylic acids is 2. The van der Waals surface area contributed by atoms with Gasteiger partial charge >= 0.3 is 11.9 Å². The van der Waals surface area contributed by atoms with Gasteiger partial charge in [0.25, 0.3) is 0 Å². The maximum atomic E-state index is 10.5.